The minimum absolute atomic E-state index is 0.0626. The summed E-state index contributed by atoms with van der Waals surface area (Å²) in [4.78, 5) is 40.3. The third-order valence-electron chi connectivity index (χ3n) is 5.57. The molecule has 170 valence electrons. The van der Waals surface area contributed by atoms with Crippen LogP contribution >= 0.6 is 0 Å². The largest absolute Gasteiger partial charge is 0.374 e. The lowest BCUT2D eigenvalue weighted by Crippen LogP contribution is -2.40. The normalized spacial score (nSPS) is 13.8. The second-order valence-corrected chi connectivity index (χ2v) is 8.32. The number of nitrogens with one attached hydrogen (secondary N) is 3. The van der Waals surface area contributed by atoms with Crippen molar-refractivity contribution >= 4 is 34.8 Å². The molecule has 0 spiro atoms. The molecule has 1 unspecified atom stereocenters. The van der Waals surface area contributed by atoms with E-state index in [1.54, 1.807) is 24.3 Å². The molecular weight excluding hydrogens is 406 g/mol. The number of benzene rings is 2. The van der Waals surface area contributed by atoms with E-state index in [-0.39, 0.29) is 11.9 Å². The Labute approximate surface area is 189 Å². The lowest BCUT2D eigenvalue weighted by Gasteiger charge is -2.30. The van der Waals surface area contributed by atoms with E-state index in [1.807, 2.05) is 19.0 Å². The van der Waals surface area contributed by atoms with E-state index in [2.05, 4.69) is 46.1 Å². The standard InChI is InChI=1S/C24H31N5O3/c1-16(30)26-19-8-5-9-20(14-19)27-24(32)23(31)25-15-22(28(2)3)18-10-11-21-17(13-18)7-6-12-29(21)4/h5,8-11,13-14,22H,6-7,12,15H2,1-4H3,(H,25,31)(H,26,30)(H,27,32). The number of hydrogen-bond donors (Lipinski definition) is 3. The third-order valence-corrected chi connectivity index (χ3v) is 5.57. The molecule has 3 amide bonds. The summed E-state index contributed by atoms with van der Waals surface area (Å²) in [7, 11) is 6.01. The first-order valence-corrected chi connectivity index (χ1v) is 10.7. The maximum atomic E-state index is 12.4. The van der Waals surface area contributed by atoms with Gasteiger partial charge in [-0.1, -0.05) is 18.2 Å². The Morgan fingerprint density at radius 3 is 2.44 bits per heavy atom. The molecular formula is C24H31N5O3. The predicted octanol–water partition coefficient (Wildman–Crippen LogP) is 2.38. The summed E-state index contributed by atoms with van der Waals surface area (Å²) in [5.74, 6) is -1.68. The maximum Gasteiger partial charge on any atom is 0.313 e. The van der Waals surface area contributed by atoms with Gasteiger partial charge in [-0.15, -0.1) is 0 Å². The monoisotopic (exact) mass is 437 g/mol. The highest BCUT2D eigenvalue weighted by Gasteiger charge is 2.21. The van der Waals surface area contributed by atoms with Gasteiger partial charge in [-0.3, -0.25) is 14.4 Å². The highest BCUT2D eigenvalue weighted by molar-refractivity contribution is 6.39. The Balaban J connectivity index is 1.63. The minimum Gasteiger partial charge on any atom is -0.374 e. The smallest absolute Gasteiger partial charge is 0.313 e. The summed E-state index contributed by atoms with van der Waals surface area (Å²) < 4.78 is 0. The second-order valence-electron chi connectivity index (χ2n) is 8.32. The van der Waals surface area contributed by atoms with Gasteiger partial charge in [0.25, 0.3) is 0 Å². The molecule has 8 heteroatoms. The van der Waals surface area contributed by atoms with Gasteiger partial charge in [0.2, 0.25) is 5.91 Å². The van der Waals surface area contributed by atoms with Crippen LogP contribution in [0.25, 0.3) is 0 Å². The van der Waals surface area contributed by atoms with Gasteiger partial charge in [-0.2, -0.15) is 0 Å². The summed E-state index contributed by atoms with van der Waals surface area (Å²) in [5, 5.41) is 7.96. The number of anilines is 3. The lowest BCUT2D eigenvalue weighted by atomic mass is 9.96. The van der Waals surface area contributed by atoms with Crippen molar-refractivity contribution in [3.8, 4) is 0 Å². The van der Waals surface area contributed by atoms with Crippen molar-refractivity contribution < 1.29 is 14.4 Å². The molecule has 1 aliphatic rings. The zero-order chi connectivity index (χ0) is 23.3. The fraction of sp³-hybridized carbons (Fsp3) is 0.375. The Morgan fingerprint density at radius 1 is 1.03 bits per heavy atom. The van der Waals surface area contributed by atoms with Gasteiger partial charge < -0.3 is 25.8 Å². The predicted molar refractivity (Wildman–Crippen MR) is 127 cm³/mol. The quantitative estimate of drug-likeness (QED) is 0.604. The zero-order valence-corrected chi connectivity index (χ0v) is 19.1. The summed E-state index contributed by atoms with van der Waals surface area (Å²) in [6.07, 6.45) is 2.17. The molecule has 0 aliphatic carbocycles. The van der Waals surface area contributed by atoms with Crippen molar-refractivity contribution in [2.45, 2.75) is 25.8 Å². The van der Waals surface area contributed by atoms with Crippen LogP contribution in [-0.4, -0.2) is 56.9 Å². The molecule has 8 nitrogen and oxygen atoms in total. The maximum absolute atomic E-state index is 12.4. The van der Waals surface area contributed by atoms with Crippen LogP contribution in [0.2, 0.25) is 0 Å². The van der Waals surface area contributed by atoms with Crippen molar-refractivity contribution in [3.05, 3.63) is 53.6 Å². The SMILES string of the molecule is CC(=O)Nc1cccc(NC(=O)C(=O)NCC(c2ccc3c(c2)CCCN3C)N(C)C)c1. The fourth-order valence-corrected chi connectivity index (χ4v) is 3.95. The molecule has 0 saturated carbocycles. The van der Waals surface area contributed by atoms with Crippen LogP contribution in [-0.2, 0) is 20.8 Å². The molecule has 0 fully saturated rings. The van der Waals surface area contributed by atoms with Crippen LogP contribution in [0.5, 0.6) is 0 Å². The molecule has 0 saturated heterocycles. The van der Waals surface area contributed by atoms with Crippen LogP contribution in [0.3, 0.4) is 0 Å². The van der Waals surface area contributed by atoms with Gasteiger partial charge in [0.1, 0.15) is 0 Å². The molecule has 0 bridgehead atoms. The fourth-order valence-electron chi connectivity index (χ4n) is 3.95. The number of fused-ring (bicyclic) bond motifs is 1. The van der Waals surface area contributed by atoms with Crippen LogP contribution in [0.1, 0.15) is 30.5 Å². The van der Waals surface area contributed by atoms with Gasteiger partial charge in [-0.05, 0) is 62.3 Å². The Morgan fingerprint density at radius 2 is 1.75 bits per heavy atom. The van der Waals surface area contributed by atoms with Crippen molar-refractivity contribution in [1.82, 2.24) is 10.2 Å². The van der Waals surface area contributed by atoms with E-state index in [9.17, 15) is 14.4 Å². The number of carbonyl (C=O) groups is 3. The number of rotatable bonds is 6. The third kappa shape index (κ3) is 5.85. The van der Waals surface area contributed by atoms with E-state index in [0.717, 1.165) is 24.9 Å². The van der Waals surface area contributed by atoms with Crippen molar-refractivity contribution in [2.24, 2.45) is 0 Å². The number of amides is 3. The van der Waals surface area contributed by atoms with Crippen molar-refractivity contribution in [2.75, 3.05) is 49.8 Å². The summed E-state index contributed by atoms with van der Waals surface area (Å²) in [5.41, 5.74) is 4.64. The Hall–Kier alpha value is -3.39. The zero-order valence-electron chi connectivity index (χ0n) is 19.1. The number of aryl methyl sites for hydroxylation is 1. The lowest BCUT2D eigenvalue weighted by molar-refractivity contribution is -0.136. The highest BCUT2D eigenvalue weighted by atomic mass is 16.2. The van der Waals surface area contributed by atoms with Crippen LogP contribution < -0.4 is 20.9 Å². The molecule has 2 aromatic carbocycles. The second kappa shape index (κ2) is 10.3. The van der Waals surface area contributed by atoms with Crippen LogP contribution in [0.4, 0.5) is 17.1 Å². The molecule has 0 radical (unpaired) electrons. The van der Waals surface area contributed by atoms with Crippen LogP contribution in [0.15, 0.2) is 42.5 Å². The Bertz CT molecular complexity index is 1000. The van der Waals surface area contributed by atoms with E-state index in [0.29, 0.717) is 17.9 Å². The minimum atomic E-state index is -0.755. The number of likely N-dealkylation sites (N-methyl/N-ethyl adjacent to an activating group) is 1. The van der Waals surface area contributed by atoms with Crippen molar-refractivity contribution in [3.63, 3.8) is 0 Å². The first-order chi connectivity index (χ1) is 15.2. The van der Waals surface area contributed by atoms with Gasteiger partial charge in [0.05, 0.1) is 6.04 Å². The summed E-state index contributed by atoms with van der Waals surface area (Å²) in [6.45, 7) is 2.77. The van der Waals surface area contributed by atoms with Gasteiger partial charge in [0, 0.05) is 44.1 Å². The van der Waals surface area contributed by atoms with E-state index in [1.165, 1.54) is 18.2 Å². The van der Waals surface area contributed by atoms with E-state index >= 15 is 0 Å². The van der Waals surface area contributed by atoms with Crippen molar-refractivity contribution in [1.29, 1.82) is 0 Å². The molecule has 3 rings (SSSR count). The van der Waals surface area contributed by atoms with Gasteiger partial charge in [-0.25, -0.2) is 0 Å². The first kappa shape index (κ1) is 23.3. The number of nitrogens with zero attached hydrogens (tertiary/aromatic N) is 2. The number of carbonyl (C=O) groups excluding carboxylic acids is 3. The summed E-state index contributed by atoms with van der Waals surface area (Å²) >= 11 is 0. The molecule has 1 atom stereocenters. The average Bonchev–Trinajstić information content (AvgIpc) is 2.73. The van der Waals surface area contributed by atoms with E-state index in [4.69, 9.17) is 0 Å². The molecule has 3 N–H and O–H groups in total. The average molecular weight is 438 g/mol. The highest BCUT2D eigenvalue weighted by Crippen LogP contribution is 2.29. The molecule has 1 aliphatic heterocycles. The molecule has 0 aromatic heterocycles. The van der Waals surface area contributed by atoms with Gasteiger partial charge in [0.15, 0.2) is 0 Å². The molecule has 2 aromatic rings. The van der Waals surface area contributed by atoms with E-state index < -0.39 is 11.8 Å². The molecule has 1 heterocycles. The molecule has 32 heavy (non-hydrogen) atoms. The Kier molecular flexibility index (Phi) is 7.48. The summed E-state index contributed by atoms with van der Waals surface area (Å²) in [6, 6.07) is 13.0. The number of hydrogen-bond acceptors (Lipinski definition) is 5. The van der Waals surface area contributed by atoms with Gasteiger partial charge >= 0.3 is 11.8 Å². The first-order valence-electron chi connectivity index (χ1n) is 10.7. The van der Waals surface area contributed by atoms with Crippen LogP contribution in [0, 0.1) is 0 Å². The topological polar surface area (TPSA) is 93.8 Å².